The monoisotopic (exact) mass is 278 g/mol. The van der Waals surface area contributed by atoms with Crippen molar-refractivity contribution in [2.24, 2.45) is 0 Å². The third-order valence-corrected chi connectivity index (χ3v) is 3.67. The number of hydrogen-bond donors (Lipinski definition) is 2. The molecule has 20 heavy (non-hydrogen) atoms. The lowest BCUT2D eigenvalue weighted by Crippen LogP contribution is -2.29. The first-order valence-electron chi connectivity index (χ1n) is 6.82. The molecule has 1 saturated heterocycles. The highest BCUT2D eigenvalue weighted by atomic mass is 16.4. The summed E-state index contributed by atoms with van der Waals surface area (Å²) >= 11 is 0. The number of carboxylic acid groups (broad SMARTS) is 1. The van der Waals surface area contributed by atoms with Gasteiger partial charge in [-0.25, -0.2) is 4.79 Å². The maximum Gasteiger partial charge on any atom is 0.407 e. The summed E-state index contributed by atoms with van der Waals surface area (Å²) in [7, 11) is 1.56. The molecule has 1 heterocycles. The summed E-state index contributed by atoms with van der Waals surface area (Å²) in [5.41, 5.74) is 1.55. The van der Waals surface area contributed by atoms with Gasteiger partial charge in [0, 0.05) is 33.2 Å². The van der Waals surface area contributed by atoms with Crippen molar-refractivity contribution in [1.29, 1.82) is 0 Å². The van der Waals surface area contributed by atoms with Crippen LogP contribution in [0.4, 0.5) is 4.79 Å². The predicted octanol–water partition coefficient (Wildman–Crippen LogP) is 1.75. The molecule has 0 aliphatic carbocycles. The number of nitrogens with zero attached hydrogens (tertiary/aromatic N) is 2. The molecule has 0 saturated carbocycles. The van der Waals surface area contributed by atoms with E-state index in [1.807, 2.05) is 31.2 Å². The normalized spacial score (nSPS) is 22.9. The zero-order valence-corrected chi connectivity index (χ0v) is 12.0. The molecule has 1 aromatic rings. The summed E-state index contributed by atoms with van der Waals surface area (Å²) < 4.78 is 0. The quantitative estimate of drug-likeness (QED) is 0.881. The third-order valence-electron chi connectivity index (χ3n) is 3.67. The predicted molar refractivity (Wildman–Crippen MR) is 76.5 cm³/mol. The molecule has 5 nitrogen and oxygen atoms in total. The second-order valence-corrected chi connectivity index (χ2v) is 5.92. The van der Waals surface area contributed by atoms with Gasteiger partial charge >= 0.3 is 6.09 Å². The smallest absolute Gasteiger partial charge is 0.407 e. The van der Waals surface area contributed by atoms with Crippen LogP contribution in [0.3, 0.4) is 0 Å². The van der Waals surface area contributed by atoms with E-state index in [9.17, 15) is 9.90 Å². The topological polar surface area (TPSA) is 64.0 Å². The van der Waals surface area contributed by atoms with E-state index in [1.54, 1.807) is 7.05 Å². The van der Waals surface area contributed by atoms with E-state index in [0.717, 1.165) is 30.6 Å². The van der Waals surface area contributed by atoms with Gasteiger partial charge in [-0.3, -0.25) is 4.90 Å². The summed E-state index contributed by atoms with van der Waals surface area (Å²) in [5, 5.41) is 18.9. The molecule has 1 unspecified atom stereocenters. The highest BCUT2D eigenvalue weighted by Gasteiger charge is 2.30. The molecule has 0 spiro atoms. The first-order valence-corrected chi connectivity index (χ1v) is 6.82. The molecule has 0 radical (unpaired) electrons. The molecule has 1 aromatic carbocycles. The van der Waals surface area contributed by atoms with Crippen LogP contribution in [-0.2, 0) is 13.1 Å². The van der Waals surface area contributed by atoms with Crippen molar-refractivity contribution < 1.29 is 15.0 Å². The Labute approximate surface area is 119 Å². The summed E-state index contributed by atoms with van der Waals surface area (Å²) in [5.74, 6) is 0. The highest BCUT2D eigenvalue weighted by Crippen LogP contribution is 2.22. The van der Waals surface area contributed by atoms with E-state index >= 15 is 0 Å². The lowest BCUT2D eigenvalue weighted by Gasteiger charge is -2.19. The van der Waals surface area contributed by atoms with Gasteiger partial charge in [-0.2, -0.15) is 0 Å². The summed E-state index contributed by atoms with van der Waals surface area (Å²) in [6.45, 7) is 4.63. The minimum atomic E-state index is -0.925. The van der Waals surface area contributed by atoms with Gasteiger partial charge < -0.3 is 15.1 Å². The molecular weight excluding hydrogens is 256 g/mol. The minimum Gasteiger partial charge on any atom is -0.465 e. The summed E-state index contributed by atoms with van der Waals surface area (Å²) in [6, 6.07) is 7.96. The molecule has 1 aliphatic rings. The molecule has 1 aliphatic heterocycles. The van der Waals surface area contributed by atoms with Gasteiger partial charge in [-0.15, -0.1) is 0 Å². The van der Waals surface area contributed by atoms with Crippen LogP contribution in [0.25, 0.3) is 0 Å². The van der Waals surface area contributed by atoms with Crippen LogP contribution < -0.4 is 0 Å². The van der Waals surface area contributed by atoms with Gasteiger partial charge in [-0.1, -0.05) is 24.3 Å². The first kappa shape index (κ1) is 14.8. The van der Waals surface area contributed by atoms with E-state index < -0.39 is 11.7 Å². The maximum atomic E-state index is 10.8. The number of aliphatic hydroxyl groups is 1. The Morgan fingerprint density at radius 2 is 2.15 bits per heavy atom. The van der Waals surface area contributed by atoms with Gasteiger partial charge in [0.2, 0.25) is 0 Å². The average Bonchev–Trinajstić information content (AvgIpc) is 2.69. The molecule has 2 rings (SSSR count). The van der Waals surface area contributed by atoms with Crippen LogP contribution in [0.5, 0.6) is 0 Å². The molecule has 0 aromatic heterocycles. The van der Waals surface area contributed by atoms with Crippen LogP contribution in [0, 0.1) is 0 Å². The average molecular weight is 278 g/mol. The number of β-amino-alcohol motifs (C(OH)–C–C–N with tert-alkyl or cyclic N) is 1. The Balaban J connectivity index is 1.98. The Morgan fingerprint density at radius 1 is 1.45 bits per heavy atom. The van der Waals surface area contributed by atoms with Gasteiger partial charge in [-0.05, 0) is 24.5 Å². The number of hydrogen-bond acceptors (Lipinski definition) is 3. The maximum absolute atomic E-state index is 10.8. The van der Waals surface area contributed by atoms with E-state index in [-0.39, 0.29) is 0 Å². The number of benzene rings is 1. The minimum absolute atomic E-state index is 0.390. The molecule has 5 heteroatoms. The van der Waals surface area contributed by atoms with Crippen molar-refractivity contribution in [3.63, 3.8) is 0 Å². The van der Waals surface area contributed by atoms with Crippen molar-refractivity contribution in [2.75, 3.05) is 20.1 Å². The number of carbonyl (C=O) groups is 1. The van der Waals surface area contributed by atoms with Crippen molar-refractivity contribution in [3.8, 4) is 0 Å². The van der Waals surface area contributed by atoms with Crippen molar-refractivity contribution >= 4 is 6.09 Å². The van der Waals surface area contributed by atoms with Gasteiger partial charge in [0.15, 0.2) is 0 Å². The van der Waals surface area contributed by atoms with E-state index in [1.165, 1.54) is 4.90 Å². The van der Waals surface area contributed by atoms with E-state index in [2.05, 4.69) is 4.90 Å². The molecule has 1 amide bonds. The van der Waals surface area contributed by atoms with Crippen LogP contribution in [-0.4, -0.2) is 51.8 Å². The van der Waals surface area contributed by atoms with Crippen molar-refractivity contribution in [3.05, 3.63) is 35.4 Å². The fraction of sp³-hybridized carbons (Fsp3) is 0.533. The Morgan fingerprint density at radius 3 is 2.75 bits per heavy atom. The molecule has 2 N–H and O–H groups in total. The lowest BCUT2D eigenvalue weighted by atomic mass is 10.1. The fourth-order valence-corrected chi connectivity index (χ4v) is 2.60. The van der Waals surface area contributed by atoms with Crippen LogP contribution >= 0.6 is 0 Å². The summed E-state index contributed by atoms with van der Waals surface area (Å²) in [6.07, 6.45) is -0.125. The first-order chi connectivity index (χ1) is 9.35. The van der Waals surface area contributed by atoms with Crippen molar-refractivity contribution in [2.45, 2.75) is 32.0 Å². The number of likely N-dealkylation sites (tertiary alicyclic amines) is 1. The zero-order valence-electron chi connectivity index (χ0n) is 12.0. The Bertz CT molecular complexity index is 488. The fourth-order valence-electron chi connectivity index (χ4n) is 2.60. The van der Waals surface area contributed by atoms with Gasteiger partial charge in [0.1, 0.15) is 0 Å². The van der Waals surface area contributed by atoms with Crippen LogP contribution in [0.2, 0.25) is 0 Å². The number of rotatable bonds is 4. The lowest BCUT2D eigenvalue weighted by molar-refractivity contribution is 0.0679. The highest BCUT2D eigenvalue weighted by molar-refractivity contribution is 5.64. The molecule has 1 atom stereocenters. The summed E-state index contributed by atoms with van der Waals surface area (Å²) in [4.78, 5) is 14.3. The second-order valence-electron chi connectivity index (χ2n) is 5.92. The Kier molecular flexibility index (Phi) is 4.30. The van der Waals surface area contributed by atoms with E-state index in [4.69, 9.17) is 5.11 Å². The SMILES string of the molecule is CN(Cc1cccc(CN2CCC(C)(O)C2)c1)C(=O)O. The van der Waals surface area contributed by atoms with Gasteiger partial charge in [0.25, 0.3) is 0 Å². The third kappa shape index (κ3) is 3.95. The molecule has 0 bridgehead atoms. The Hall–Kier alpha value is -1.59. The van der Waals surface area contributed by atoms with Crippen LogP contribution in [0.15, 0.2) is 24.3 Å². The molecule has 1 fully saturated rings. The van der Waals surface area contributed by atoms with E-state index in [0.29, 0.717) is 13.1 Å². The van der Waals surface area contributed by atoms with Gasteiger partial charge in [0.05, 0.1) is 5.60 Å². The standard InChI is InChI=1S/C15H22N2O3/c1-15(20)6-7-17(11-15)10-13-5-3-4-12(8-13)9-16(2)14(18)19/h3-5,8,20H,6-7,9-11H2,1-2H3,(H,18,19). The zero-order chi connectivity index (χ0) is 14.8. The number of amides is 1. The largest absolute Gasteiger partial charge is 0.465 e. The molecule has 110 valence electrons. The second kappa shape index (κ2) is 5.81. The molecular formula is C15H22N2O3. The van der Waals surface area contributed by atoms with Crippen LogP contribution in [0.1, 0.15) is 24.5 Å². The van der Waals surface area contributed by atoms with Crippen molar-refractivity contribution in [1.82, 2.24) is 9.80 Å².